The summed E-state index contributed by atoms with van der Waals surface area (Å²) in [5, 5.41) is 16.5. The topological polar surface area (TPSA) is 96.0 Å². The second-order valence-corrected chi connectivity index (χ2v) is 8.39. The smallest absolute Gasteiger partial charge is 0.393 e. The molecule has 2 N–H and O–H groups in total. The minimum atomic E-state index is -4.60. The van der Waals surface area contributed by atoms with Gasteiger partial charge in [-0.05, 0) is 54.3 Å². The number of alkyl halides is 3. The van der Waals surface area contributed by atoms with Gasteiger partial charge in [-0.3, -0.25) is 4.79 Å². The van der Waals surface area contributed by atoms with Gasteiger partial charge in [-0.1, -0.05) is 25.1 Å². The maximum absolute atomic E-state index is 13.2. The highest BCUT2D eigenvalue weighted by Gasteiger charge is 2.37. The number of para-hydroxylation sites is 1. The number of ether oxygens (including phenoxy) is 1. The number of nitrogens with zero attached hydrogens (tertiary/aromatic N) is 4. The Bertz CT molecular complexity index is 1090. The number of nitrogens with one attached hydrogen (secondary N) is 2. The zero-order valence-electron chi connectivity index (χ0n) is 18.5. The number of aromatic nitrogens is 4. The van der Waals surface area contributed by atoms with Gasteiger partial charge in [-0.25, -0.2) is 0 Å². The van der Waals surface area contributed by atoms with Crippen molar-refractivity contribution < 1.29 is 22.7 Å². The summed E-state index contributed by atoms with van der Waals surface area (Å²) < 4.78 is 45.0. The minimum absolute atomic E-state index is 0.167. The van der Waals surface area contributed by atoms with E-state index in [4.69, 9.17) is 4.74 Å². The van der Waals surface area contributed by atoms with E-state index in [9.17, 15) is 18.0 Å². The highest BCUT2D eigenvalue weighted by Crippen LogP contribution is 2.33. The van der Waals surface area contributed by atoms with Crippen molar-refractivity contribution in [3.63, 3.8) is 0 Å². The van der Waals surface area contributed by atoms with Crippen LogP contribution in [0.15, 0.2) is 48.5 Å². The number of H-pyrrole nitrogens is 1. The lowest BCUT2D eigenvalue weighted by molar-refractivity contribution is -0.158. The second kappa shape index (κ2) is 10.1. The number of hydrogen-bond acceptors (Lipinski definition) is 6. The third kappa shape index (κ3) is 6.03. The van der Waals surface area contributed by atoms with E-state index in [0.717, 1.165) is 31.6 Å². The molecule has 34 heavy (non-hydrogen) atoms. The SMILES string of the molecule is C[C@@H]1CCCN(c2ccc(NC(=O)[C@H](CC(F)(F)F)Oc3ccccc3)c(-c3nn[nH]n3)c2)C1. The summed E-state index contributed by atoms with van der Waals surface area (Å²) in [4.78, 5) is 15.2. The van der Waals surface area contributed by atoms with Crippen LogP contribution in [0.4, 0.5) is 24.5 Å². The lowest BCUT2D eigenvalue weighted by Crippen LogP contribution is -2.37. The van der Waals surface area contributed by atoms with Gasteiger partial charge >= 0.3 is 6.18 Å². The van der Waals surface area contributed by atoms with Crippen LogP contribution in [0.5, 0.6) is 5.75 Å². The quantitative estimate of drug-likeness (QED) is 0.526. The number of tetrazole rings is 1. The van der Waals surface area contributed by atoms with E-state index in [-0.39, 0.29) is 17.3 Å². The van der Waals surface area contributed by atoms with E-state index < -0.39 is 24.6 Å². The van der Waals surface area contributed by atoms with Gasteiger partial charge in [0.25, 0.3) is 5.91 Å². The summed E-state index contributed by atoms with van der Waals surface area (Å²) in [6, 6.07) is 13.2. The third-order valence-corrected chi connectivity index (χ3v) is 5.60. The summed E-state index contributed by atoms with van der Waals surface area (Å²) in [7, 11) is 0. The third-order valence-electron chi connectivity index (χ3n) is 5.60. The van der Waals surface area contributed by atoms with Crippen LogP contribution in [0.1, 0.15) is 26.2 Å². The van der Waals surface area contributed by atoms with Gasteiger partial charge in [0.1, 0.15) is 5.75 Å². The van der Waals surface area contributed by atoms with E-state index in [0.29, 0.717) is 11.5 Å². The lowest BCUT2D eigenvalue weighted by Gasteiger charge is -2.33. The molecule has 11 heteroatoms. The predicted molar refractivity (Wildman–Crippen MR) is 120 cm³/mol. The summed E-state index contributed by atoms with van der Waals surface area (Å²) in [6.07, 6.45) is -5.59. The van der Waals surface area contributed by atoms with Crippen molar-refractivity contribution >= 4 is 17.3 Å². The first kappa shape index (κ1) is 23.5. The van der Waals surface area contributed by atoms with Crippen LogP contribution >= 0.6 is 0 Å². The van der Waals surface area contributed by atoms with Crippen LogP contribution in [-0.4, -0.2) is 51.9 Å². The van der Waals surface area contributed by atoms with Crippen molar-refractivity contribution in [3.05, 3.63) is 48.5 Å². The molecular weight excluding hydrogens is 449 g/mol. The summed E-state index contributed by atoms with van der Waals surface area (Å²) in [5.41, 5.74) is 1.63. The molecule has 2 atom stereocenters. The van der Waals surface area contributed by atoms with E-state index in [2.05, 4.69) is 37.8 Å². The highest BCUT2D eigenvalue weighted by molar-refractivity contribution is 5.98. The largest absolute Gasteiger partial charge is 0.480 e. The van der Waals surface area contributed by atoms with Crippen molar-refractivity contribution in [2.75, 3.05) is 23.3 Å². The number of carbonyl (C=O) groups excluding carboxylic acids is 1. The lowest BCUT2D eigenvalue weighted by atomic mass is 9.99. The highest BCUT2D eigenvalue weighted by atomic mass is 19.4. The molecule has 2 heterocycles. The first-order valence-corrected chi connectivity index (χ1v) is 11.0. The summed E-state index contributed by atoms with van der Waals surface area (Å²) in [5.74, 6) is 0.00343. The standard InChI is InChI=1S/C23H25F3N6O2/c1-15-6-5-11-32(14-15)16-9-10-19(18(12-16)21-28-30-31-29-21)27-22(33)20(13-23(24,25)26)34-17-7-3-2-4-8-17/h2-4,7-10,12,15,20H,5-6,11,13-14H2,1H3,(H,27,33)(H,28,29,30,31)/t15-,20+/m1/s1. The van der Waals surface area contributed by atoms with Crippen LogP contribution in [0.2, 0.25) is 0 Å². The summed E-state index contributed by atoms with van der Waals surface area (Å²) >= 11 is 0. The maximum atomic E-state index is 13.2. The van der Waals surface area contributed by atoms with Gasteiger partial charge in [-0.2, -0.15) is 18.4 Å². The fourth-order valence-corrected chi connectivity index (χ4v) is 4.00. The Morgan fingerprint density at radius 3 is 2.74 bits per heavy atom. The molecule has 4 rings (SSSR count). The van der Waals surface area contributed by atoms with E-state index in [1.165, 1.54) is 12.1 Å². The van der Waals surface area contributed by atoms with Crippen LogP contribution in [0, 0.1) is 5.92 Å². The molecule has 1 fully saturated rings. The Hall–Kier alpha value is -3.63. The number of carbonyl (C=O) groups is 1. The van der Waals surface area contributed by atoms with Gasteiger partial charge in [0.2, 0.25) is 5.82 Å². The first-order valence-electron chi connectivity index (χ1n) is 11.0. The van der Waals surface area contributed by atoms with Gasteiger partial charge in [-0.15, -0.1) is 10.2 Å². The first-order chi connectivity index (χ1) is 16.3. The number of piperidine rings is 1. The van der Waals surface area contributed by atoms with Gasteiger partial charge in [0, 0.05) is 24.3 Å². The van der Waals surface area contributed by atoms with Crippen molar-refractivity contribution in [3.8, 4) is 17.1 Å². The normalized spacial score (nSPS) is 17.3. The zero-order valence-corrected chi connectivity index (χ0v) is 18.5. The molecule has 0 spiro atoms. The average Bonchev–Trinajstić information content (AvgIpc) is 3.33. The van der Waals surface area contributed by atoms with Crippen LogP contribution in [0.25, 0.3) is 11.4 Å². The Morgan fingerprint density at radius 2 is 2.06 bits per heavy atom. The van der Waals surface area contributed by atoms with Crippen LogP contribution in [0.3, 0.4) is 0 Å². The number of aromatic amines is 1. The Balaban J connectivity index is 1.60. The fourth-order valence-electron chi connectivity index (χ4n) is 4.00. The van der Waals surface area contributed by atoms with Crippen molar-refractivity contribution in [2.45, 2.75) is 38.5 Å². The molecular formula is C23H25F3N6O2. The molecule has 180 valence electrons. The number of halogens is 3. The number of amides is 1. The van der Waals surface area contributed by atoms with E-state index >= 15 is 0 Å². The van der Waals surface area contributed by atoms with Gasteiger partial charge in [0.05, 0.1) is 12.1 Å². The molecule has 1 amide bonds. The molecule has 0 bridgehead atoms. The van der Waals surface area contributed by atoms with Crippen LogP contribution < -0.4 is 15.0 Å². The van der Waals surface area contributed by atoms with Crippen LogP contribution in [-0.2, 0) is 4.79 Å². The molecule has 8 nitrogen and oxygen atoms in total. The molecule has 3 aromatic rings. The second-order valence-electron chi connectivity index (χ2n) is 8.39. The van der Waals surface area contributed by atoms with Gasteiger partial charge < -0.3 is 15.0 Å². The fraction of sp³-hybridized carbons (Fsp3) is 0.391. The maximum Gasteiger partial charge on any atom is 0.393 e. The van der Waals surface area contributed by atoms with Crippen molar-refractivity contribution in [1.82, 2.24) is 20.6 Å². The Morgan fingerprint density at radius 1 is 1.26 bits per heavy atom. The molecule has 2 aromatic carbocycles. The Labute approximate surface area is 194 Å². The number of anilines is 2. The summed E-state index contributed by atoms with van der Waals surface area (Å²) in [6.45, 7) is 3.96. The molecule has 1 aliphatic rings. The number of rotatable bonds is 7. The number of hydrogen-bond donors (Lipinski definition) is 2. The van der Waals surface area contributed by atoms with E-state index in [1.807, 2.05) is 12.1 Å². The van der Waals surface area contributed by atoms with E-state index in [1.54, 1.807) is 24.3 Å². The zero-order chi connectivity index (χ0) is 24.1. The molecule has 0 unspecified atom stereocenters. The Kier molecular flexibility index (Phi) is 6.99. The van der Waals surface area contributed by atoms with Gasteiger partial charge in [0.15, 0.2) is 6.10 Å². The molecule has 1 saturated heterocycles. The monoisotopic (exact) mass is 474 g/mol. The molecule has 0 saturated carbocycles. The number of benzene rings is 2. The van der Waals surface area contributed by atoms with Crippen molar-refractivity contribution in [2.24, 2.45) is 5.92 Å². The average molecular weight is 474 g/mol. The molecule has 1 aromatic heterocycles. The molecule has 1 aliphatic heterocycles. The molecule has 0 radical (unpaired) electrons. The predicted octanol–water partition coefficient (Wildman–Crippen LogP) is 4.44. The minimum Gasteiger partial charge on any atom is -0.480 e. The van der Waals surface area contributed by atoms with Crippen molar-refractivity contribution in [1.29, 1.82) is 0 Å². The molecule has 0 aliphatic carbocycles.